The summed E-state index contributed by atoms with van der Waals surface area (Å²) in [5, 5.41) is 2.08. The Balaban J connectivity index is 1.85. The molecule has 24 heavy (non-hydrogen) atoms. The third-order valence-corrected chi connectivity index (χ3v) is 5.50. The van der Waals surface area contributed by atoms with Gasteiger partial charge in [-0.05, 0) is 73.9 Å². The van der Waals surface area contributed by atoms with Gasteiger partial charge in [0.25, 0.3) is 0 Å². The number of pyridine rings is 1. The molecule has 0 unspecified atom stereocenters. The van der Waals surface area contributed by atoms with Crippen molar-refractivity contribution in [2.75, 3.05) is 0 Å². The molecule has 2 heterocycles. The van der Waals surface area contributed by atoms with Gasteiger partial charge in [-0.15, -0.1) is 0 Å². The molecule has 0 saturated heterocycles. The summed E-state index contributed by atoms with van der Waals surface area (Å²) in [4.78, 5) is 4.35. The van der Waals surface area contributed by atoms with Gasteiger partial charge in [0.15, 0.2) is 0 Å². The summed E-state index contributed by atoms with van der Waals surface area (Å²) in [6.45, 7) is 2.10. The van der Waals surface area contributed by atoms with Crippen molar-refractivity contribution in [2.24, 2.45) is 5.73 Å². The summed E-state index contributed by atoms with van der Waals surface area (Å²) in [6.07, 6.45) is 10.7. The van der Waals surface area contributed by atoms with E-state index < -0.39 is 0 Å². The molecule has 1 aromatic carbocycles. The van der Waals surface area contributed by atoms with Crippen LogP contribution in [0.3, 0.4) is 0 Å². The molecule has 0 amide bonds. The maximum absolute atomic E-state index is 6.13. The number of aromatic nitrogens is 2. The first-order chi connectivity index (χ1) is 11.6. The lowest BCUT2D eigenvalue weighted by Crippen LogP contribution is -2.25. The molecule has 1 fully saturated rings. The Morgan fingerprint density at radius 3 is 2.71 bits per heavy atom. The molecule has 2 N–H and O–H groups in total. The fourth-order valence-corrected chi connectivity index (χ4v) is 4.17. The fourth-order valence-electron chi connectivity index (χ4n) is 3.94. The molecule has 4 heteroatoms. The van der Waals surface area contributed by atoms with Crippen molar-refractivity contribution in [1.29, 1.82) is 0 Å². The maximum atomic E-state index is 6.13. The molecular weight excluding hydrogens is 318 g/mol. The molecule has 0 atom stereocenters. The predicted molar refractivity (Wildman–Crippen MR) is 100 cm³/mol. The standard InChI is InChI=1S/C20H22ClN3/c1-13-10-15(21)4-7-19(13)24-12-18(14-2-5-16(22)6-3-14)17-8-9-23-11-20(17)24/h4,7-12,14,16H,2-3,5-6,22H2,1H3. The topological polar surface area (TPSA) is 43.8 Å². The highest BCUT2D eigenvalue weighted by Crippen LogP contribution is 2.38. The number of benzene rings is 1. The van der Waals surface area contributed by atoms with Crippen molar-refractivity contribution in [1.82, 2.24) is 9.55 Å². The summed E-state index contributed by atoms with van der Waals surface area (Å²) in [5.41, 5.74) is 11.0. The van der Waals surface area contributed by atoms with Crippen LogP contribution >= 0.6 is 11.6 Å². The second-order valence-corrected chi connectivity index (χ2v) is 7.33. The summed E-state index contributed by atoms with van der Waals surface area (Å²) in [5.74, 6) is 0.587. The molecule has 1 saturated carbocycles. The summed E-state index contributed by atoms with van der Waals surface area (Å²) in [7, 11) is 0. The molecule has 2 aromatic heterocycles. The zero-order valence-electron chi connectivity index (χ0n) is 13.9. The first kappa shape index (κ1) is 15.7. The van der Waals surface area contributed by atoms with Crippen molar-refractivity contribution < 1.29 is 0 Å². The van der Waals surface area contributed by atoms with Gasteiger partial charge >= 0.3 is 0 Å². The van der Waals surface area contributed by atoms with Crippen molar-refractivity contribution in [3.8, 4) is 5.69 Å². The van der Waals surface area contributed by atoms with Gasteiger partial charge in [0.2, 0.25) is 0 Å². The second-order valence-electron chi connectivity index (χ2n) is 6.89. The Bertz CT molecular complexity index is 876. The molecule has 1 aliphatic rings. The largest absolute Gasteiger partial charge is 0.328 e. The van der Waals surface area contributed by atoms with Crippen molar-refractivity contribution in [3.05, 3.63) is 59.0 Å². The fraction of sp³-hybridized carbons (Fsp3) is 0.350. The van der Waals surface area contributed by atoms with Crippen LogP contribution in [0.4, 0.5) is 0 Å². The third kappa shape index (κ3) is 2.72. The van der Waals surface area contributed by atoms with E-state index in [1.165, 1.54) is 29.4 Å². The lowest BCUT2D eigenvalue weighted by Gasteiger charge is -2.25. The molecule has 3 aromatic rings. The van der Waals surface area contributed by atoms with Crippen LogP contribution in [0.25, 0.3) is 16.6 Å². The quantitative estimate of drug-likeness (QED) is 0.716. The number of hydrogen-bond donors (Lipinski definition) is 1. The predicted octanol–water partition coefficient (Wildman–Crippen LogP) is 4.97. The minimum absolute atomic E-state index is 0.370. The average molecular weight is 340 g/mol. The van der Waals surface area contributed by atoms with E-state index in [1.54, 1.807) is 0 Å². The van der Waals surface area contributed by atoms with E-state index in [-0.39, 0.29) is 0 Å². The highest BCUT2D eigenvalue weighted by molar-refractivity contribution is 6.30. The van der Waals surface area contributed by atoms with Crippen molar-refractivity contribution in [3.63, 3.8) is 0 Å². The average Bonchev–Trinajstić information content (AvgIpc) is 2.95. The smallest absolute Gasteiger partial charge is 0.0715 e. The first-order valence-corrected chi connectivity index (χ1v) is 8.98. The summed E-state index contributed by atoms with van der Waals surface area (Å²) < 4.78 is 2.26. The van der Waals surface area contributed by atoms with Crippen molar-refractivity contribution >= 4 is 22.5 Å². The van der Waals surface area contributed by atoms with Crippen LogP contribution < -0.4 is 5.73 Å². The number of nitrogens with zero attached hydrogens (tertiary/aromatic N) is 2. The molecule has 1 aliphatic carbocycles. The summed E-state index contributed by atoms with van der Waals surface area (Å²) in [6, 6.07) is 8.56. The van der Waals surface area contributed by atoms with E-state index in [0.717, 1.165) is 29.1 Å². The minimum atomic E-state index is 0.370. The number of hydrogen-bond acceptors (Lipinski definition) is 2. The molecule has 0 aliphatic heterocycles. The van der Waals surface area contributed by atoms with Crippen molar-refractivity contribution in [2.45, 2.75) is 44.6 Å². The van der Waals surface area contributed by atoms with Gasteiger partial charge in [0, 0.05) is 34.5 Å². The van der Waals surface area contributed by atoms with E-state index in [1.807, 2.05) is 24.5 Å². The Labute approximate surface area is 147 Å². The van der Waals surface area contributed by atoms with E-state index >= 15 is 0 Å². The molecule has 124 valence electrons. The Hall–Kier alpha value is -1.84. The summed E-state index contributed by atoms with van der Waals surface area (Å²) >= 11 is 6.13. The van der Waals surface area contributed by atoms with Gasteiger partial charge in [-0.1, -0.05) is 11.6 Å². The third-order valence-electron chi connectivity index (χ3n) is 5.27. The van der Waals surface area contributed by atoms with Crippen LogP contribution in [0.2, 0.25) is 5.02 Å². The zero-order chi connectivity index (χ0) is 16.7. The van der Waals surface area contributed by atoms with Crippen LogP contribution in [-0.2, 0) is 0 Å². The molecule has 4 rings (SSSR count). The van der Waals surface area contributed by atoms with Gasteiger partial charge in [-0.2, -0.15) is 0 Å². The number of nitrogens with two attached hydrogens (primary N) is 1. The molecule has 0 radical (unpaired) electrons. The van der Waals surface area contributed by atoms with Crippen LogP contribution in [-0.4, -0.2) is 15.6 Å². The van der Waals surface area contributed by atoms with Crippen LogP contribution in [0.15, 0.2) is 42.9 Å². The first-order valence-electron chi connectivity index (χ1n) is 8.60. The zero-order valence-corrected chi connectivity index (χ0v) is 14.6. The highest BCUT2D eigenvalue weighted by Gasteiger charge is 2.24. The van der Waals surface area contributed by atoms with Gasteiger partial charge in [0.1, 0.15) is 0 Å². The Morgan fingerprint density at radius 2 is 1.96 bits per heavy atom. The lowest BCUT2D eigenvalue weighted by atomic mass is 9.82. The lowest BCUT2D eigenvalue weighted by molar-refractivity contribution is 0.397. The molecule has 0 spiro atoms. The maximum Gasteiger partial charge on any atom is 0.0715 e. The normalized spacial score (nSPS) is 21.3. The second kappa shape index (κ2) is 6.23. The SMILES string of the molecule is Cc1cc(Cl)ccc1-n1cc(C2CCC(N)CC2)c2ccncc21. The van der Waals surface area contributed by atoms with E-state index in [9.17, 15) is 0 Å². The monoisotopic (exact) mass is 339 g/mol. The number of rotatable bonds is 2. The van der Waals surface area contributed by atoms with Gasteiger partial charge in [-0.3, -0.25) is 4.98 Å². The van der Waals surface area contributed by atoms with Crippen LogP contribution in [0.5, 0.6) is 0 Å². The Morgan fingerprint density at radius 1 is 1.17 bits per heavy atom. The van der Waals surface area contributed by atoms with Gasteiger partial charge < -0.3 is 10.3 Å². The molecular formula is C20H22ClN3. The molecule has 3 nitrogen and oxygen atoms in total. The van der Waals surface area contributed by atoms with Gasteiger partial charge in [-0.25, -0.2) is 0 Å². The minimum Gasteiger partial charge on any atom is -0.328 e. The molecule has 0 bridgehead atoms. The Kier molecular flexibility index (Phi) is 4.07. The highest BCUT2D eigenvalue weighted by atomic mass is 35.5. The van der Waals surface area contributed by atoms with E-state index in [4.69, 9.17) is 17.3 Å². The van der Waals surface area contributed by atoms with E-state index in [0.29, 0.717) is 12.0 Å². The number of aryl methyl sites for hydroxylation is 1. The van der Waals surface area contributed by atoms with Gasteiger partial charge in [0.05, 0.1) is 11.7 Å². The number of fused-ring (bicyclic) bond motifs is 1. The van der Waals surface area contributed by atoms with Crippen LogP contribution in [0.1, 0.15) is 42.7 Å². The van der Waals surface area contributed by atoms with Crippen LogP contribution in [0, 0.1) is 6.92 Å². The van der Waals surface area contributed by atoms with E-state index in [2.05, 4.69) is 34.8 Å². The number of halogens is 1.